The molecular weight excluding hydrogens is 308 g/mol. The van der Waals surface area contributed by atoms with Gasteiger partial charge < -0.3 is 0 Å². The lowest BCUT2D eigenvalue weighted by Gasteiger charge is -2.12. The Bertz CT molecular complexity index is 729. The summed E-state index contributed by atoms with van der Waals surface area (Å²) in [6.07, 6.45) is 10.4. The fraction of sp³-hybridized carbons (Fsp3) is 0.389. The topological polar surface area (TPSA) is 72.5 Å². The van der Waals surface area contributed by atoms with Crippen molar-refractivity contribution < 1.29 is 8.42 Å². The Hall–Kier alpha value is -1.72. The smallest absolute Gasteiger partial charge is 0.238 e. The van der Waals surface area contributed by atoms with E-state index >= 15 is 0 Å². The predicted octanol–water partition coefficient (Wildman–Crippen LogP) is 3.70. The third kappa shape index (κ3) is 5.15. The molecule has 1 heterocycles. The normalized spacial score (nSPS) is 18.8. The molecule has 0 aromatic heterocycles. The molecule has 0 spiro atoms. The molecule has 1 aromatic rings. The average Bonchev–Trinajstić information content (AvgIpc) is 2.52. The first-order chi connectivity index (χ1) is 10.9. The van der Waals surface area contributed by atoms with Crippen LogP contribution in [0, 0.1) is 0 Å². The van der Waals surface area contributed by atoms with Gasteiger partial charge in [-0.2, -0.15) is 0 Å². The summed E-state index contributed by atoms with van der Waals surface area (Å²) >= 11 is 0. The second kappa shape index (κ2) is 7.70. The fourth-order valence-corrected chi connectivity index (χ4v) is 2.97. The number of allylic oxidation sites excluding steroid dienone is 3. The van der Waals surface area contributed by atoms with E-state index in [1.165, 1.54) is 5.57 Å². The summed E-state index contributed by atoms with van der Waals surface area (Å²) < 4.78 is 22.7. The monoisotopic (exact) mass is 332 g/mol. The number of sulfonamides is 1. The predicted molar refractivity (Wildman–Crippen MR) is 96.0 cm³/mol. The van der Waals surface area contributed by atoms with Gasteiger partial charge in [0.25, 0.3) is 0 Å². The van der Waals surface area contributed by atoms with Crippen molar-refractivity contribution in [2.75, 3.05) is 0 Å². The highest BCUT2D eigenvalue weighted by Crippen LogP contribution is 2.24. The molecule has 1 atom stereocenters. The van der Waals surface area contributed by atoms with Crippen molar-refractivity contribution in [3.05, 3.63) is 47.6 Å². The molecule has 2 rings (SSSR count). The van der Waals surface area contributed by atoms with Crippen molar-refractivity contribution >= 4 is 21.8 Å². The number of primary sulfonamides is 1. The van der Waals surface area contributed by atoms with E-state index in [-0.39, 0.29) is 4.90 Å². The Morgan fingerprint density at radius 3 is 2.57 bits per heavy atom. The van der Waals surface area contributed by atoms with Gasteiger partial charge in [0.15, 0.2) is 0 Å². The third-order valence-corrected chi connectivity index (χ3v) is 4.80. The molecule has 0 saturated heterocycles. The van der Waals surface area contributed by atoms with E-state index < -0.39 is 10.0 Å². The maximum Gasteiger partial charge on any atom is 0.238 e. The Kier molecular flexibility index (Phi) is 5.91. The number of dihydropyridines is 1. The lowest BCUT2D eigenvalue weighted by Crippen LogP contribution is -2.11. The minimum absolute atomic E-state index is 0.142. The van der Waals surface area contributed by atoms with Gasteiger partial charge in [0.05, 0.1) is 10.9 Å². The maximum atomic E-state index is 11.4. The van der Waals surface area contributed by atoms with Crippen LogP contribution in [-0.2, 0) is 10.0 Å². The summed E-state index contributed by atoms with van der Waals surface area (Å²) in [5.41, 5.74) is 3.34. The zero-order chi connectivity index (χ0) is 16.9. The van der Waals surface area contributed by atoms with Crippen molar-refractivity contribution in [3.8, 4) is 0 Å². The van der Waals surface area contributed by atoms with E-state index in [9.17, 15) is 8.42 Å². The lowest BCUT2D eigenvalue weighted by atomic mass is 9.97. The first kappa shape index (κ1) is 17.6. The molecule has 0 amide bonds. The molecule has 5 heteroatoms. The highest BCUT2D eigenvalue weighted by molar-refractivity contribution is 7.89. The summed E-state index contributed by atoms with van der Waals surface area (Å²) in [5.74, 6) is 0. The highest BCUT2D eigenvalue weighted by atomic mass is 32.2. The van der Waals surface area contributed by atoms with Gasteiger partial charge >= 0.3 is 0 Å². The molecule has 0 aliphatic carbocycles. The van der Waals surface area contributed by atoms with Crippen LogP contribution < -0.4 is 5.14 Å². The molecule has 1 aromatic carbocycles. The number of unbranched alkanes of at least 4 members (excludes halogenated alkanes) is 1. The summed E-state index contributed by atoms with van der Waals surface area (Å²) in [5, 5.41) is 5.16. The summed E-state index contributed by atoms with van der Waals surface area (Å²) in [7, 11) is -3.65. The summed E-state index contributed by atoms with van der Waals surface area (Å²) in [4.78, 5) is 4.59. The van der Waals surface area contributed by atoms with Gasteiger partial charge in [-0.3, -0.25) is 4.99 Å². The molecule has 1 aliphatic rings. The number of nitrogens with zero attached hydrogens (tertiary/aromatic N) is 1. The largest absolute Gasteiger partial charge is 0.289 e. The second-order valence-corrected chi connectivity index (χ2v) is 7.47. The van der Waals surface area contributed by atoms with Crippen molar-refractivity contribution in [1.82, 2.24) is 0 Å². The Labute approximate surface area is 138 Å². The zero-order valence-corrected chi connectivity index (χ0v) is 14.5. The van der Waals surface area contributed by atoms with Gasteiger partial charge in [-0.1, -0.05) is 31.6 Å². The number of hydrogen-bond donors (Lipinski definition) is 1. The zero-order valence-electron chi connectivity index (χ0n) is 13.7. The van der Waals surface area contributed by atoms with Crippen LogP contribution in [0.25, 0.3) is 5.57 Å². The minimum atomic E-state index is -3.65. The minimum Gasteiger partial charge on any atom is -0.289 e. The summed E-state index contributed by atoms with van der Waals surface area (Å²) in [6.45, 7) is 4.25. The molecule has 1 aliphatic heterocycles. The number of nitrogens with two attached hydrogens (primary N) is 1. The van der Waals surface area contributed by atoms with Gasteiger partial charge in [-0.05, 0) is 61.1 Å². The standard InChI is InChI=1S/C18H24N2O2S/c1-3-4-5-17(12-15-7-6-14(2)20-13-15)16-8-10-18(11-9-16)23(19,21)22/h7-14H,3-6H2,1-2H3,(H2,19,21,22)/b17-12-. The average molecular weight is 332 g/mol. The van der Waals surface area contributed by atoms with Gasteiger partial charge in [0.1, 0.15) is 0 Å². The molecule has 1 unspecified atom stereocenters. The SMILES string of the molecule is CCCC/C(=C/C1=CCC(C)N=C1)c1ccc(S(N)(=O)=O)cc1. The quantitative estimate of drug-likeness (QED) is 0.862. The molecule has 0 fully saturated rings. The van der Waals surface area contributed by atoms with Crippen molar-refractivity contribution in [1.29, 1.82) is 0 Å². The Balaban J connectivity index is 2.30. The van der Waals surface area contributed by atoms with E-state index in [2.05, 4.69) is 31.0 Å². The van der Waals surface area contributed by atoms with Crippen LogP contribution in [0.3, 0.4) is 0 Å². The van der Waals surface area contributed by atoms with E-state index in [4.69, 9.17) is 5.14 Å². The maximum absolute atomic E-state index is 11.4. The van der Waals surface area contributed by atoms with E-state index in [0.29, 0.717) is 6.04 Å². The van der Waals surface area contributed by atoms with Gasteiger partial charge in [-0.15, -0.1) is 0 Å². The van der Waals surface area contributed by atoms with Crippen LogP contribution in [0.4, 0.5) is 0 Å². The van der Waals surface area contributed by atoms with Gasteiger partial charge in [0.2, 0.25) is 10.0 Å². The van der Waals surface area contributed by atoms with E-state index in [0.717, 1.165) is 36.8 Å². The lowest BCUT2D eigenvalue weighted by molar-refractivity contribution is 0.598. The van der Waals surface area contributed by atoms with Gasteiger partial charge in [-0.25, -0.2) is 13.6 Å². The Morgan fingerprint density at radius 1 is 1.35 bits per heavy atom. The van der Waals surface area contributed by atoms with Crippen LogP contribution in [-0.4, -0.2) is 20.7 Å². The van der Waals surface area contributed by atoms with Gasteiger partial charge in [0, 0.05) is 6.21 Å². The van der Waals surface area contributed by atoms with Crippen LogP contribution in [0.2, 0.25) is 0 Å². The highest BCUT2D eigenvalue weighted by Gasteiger charge is 2.10. The number of hydrogen-bond acceptors (Lipinski definition) is 3. The number of benzene rings is 1. The molecule has 4 nitrogen and oxygen atoms in total. The van der Waals surface area contributed by atoms with Crippen molar-refractivity contribution in [2.24, 2.45) is 10.1 Å². The van der Waals surface area contributed by atoms with Crippen LogP contribution >= 0.6 is 0 Å². The molecule has 0 bridgehead atoms. The van der Waals surface area contributed by atoms with Crippen molar-refractivity contribution in [2.45, 2.75) is 50.5 Å². The van der Waals surface area contributed by atoms with E-state index in [1.54, 1.807) is 12.1 Å². The fourth-order valence-electron chi connectivity index (χ4n) is 2.46. The second-order valence-electron chi connectivity index (χ2n) is 5.91. The third-order valence-electron chi connectivity index (χ3n) is 3.87. The molecule has 0 saturated carbocycles. The molecule has 23 heavy (non-hydrogen) atoms. The summed E-state index contributed by atoms with van der Waals surface area (Å²) in [6, 6.07) is 7.13. The van der Waals surface area contributed by atoms with Crippen molar-refractivity contribution in [3.63, 3.8) is 0 Å². The first-order valence-electron chi connectivity index (χ1n) is 7.97. The van der Waals surface area contributed by atoms with Crippen LogP contribution in [0.15, 0.2) is 51.9 Å². The molecule has 124 valence electrons. The first-order valence-corrected chi connectivity index (χ1v) is 9.52. The van der Waals surface area contributed by atoms with Crippen LogP contribution in [0.5, 0.6) is 0 Å². The number of aliphatic imine (C=N–C) groups is 1. The molecule has 2 N–H and O–H groups in total. The number of rotatable bonds is 6. The molecule has 0 radical (unpaired) electrons. The van der Waals surface area contributed by atoms with Crippen LogP contribution in [0.1, 0.15) is 45.1 Å². The Morgan fingerprint density at radius 2 is 2.04 bits per heavy atom. The molecular formula is C18H24N2O2S. The van der Waals surface area contributed by atoms with E-state index in [1.807, 2.05) is 18.3 Å².